The van der Waals surface area contributed by atoms with Crippen LogP contribution in [0.2, 0.25) is 0 Å². The number of H-pyrrole nitrogens is 1. The normalized spacial score (nSPS) is 11.0. The highest BCUT2D eigenvalue weighted by molar-refractivity contribution is 8.13. The standard InChI is InChI=1S/C10H9N7S/c1-18-10(12-6-11)13-8-4-2-7(3-5-8)9-14-16-17-15-9/h2-5H,1H3,(H,12,13)(H,14,15,16,17). The zero-order valence-corrected chi connectivity index (χ0v) is 10.3. The smallest absolute Gasteiger partial charge is 0.204 e. The Morgan fingerprint density at radius 3 is 2.78 bits per heavy atom. The molecule has 7 nitrogen and oxygen atoms in total. The summed E-state index contributed by atoms with van der Waals surface area (Å²) in [6.45, 7) is 0. The van der Waals surface area contributed by atoms with Crippen molar-refractivity contribution in [2.75, 3.05) is 6.26 Å². The van der Waals surface area contributed by atoms with Crippen LogP contribution in [0.1, 0.15) is 0 Å². The van der Waals surface area contributed by atoms with E-state index in [1.807, 2.05) is 36.7 Å². The minimum Gasteiger partial charge on any atom is -0.271 e. The first-order valence-corrected chi connectivity index (χ1v) is 6.17. The van der Waals surface area contributed by atoms with Gasteiger partial charge in [-0.05, 0) is 35.7 Å². The van der Waals surface area contributed by atoms with Crippen LogP contribution < -0.4 is 5.32 Å². The summed E-state index contributed by atoms with van der Waals surface area (Å²) in [6, 6.07) is 7.32. The van der Waals surface area contributed by atoms with E-state index in [9.17, 15) is 0 Å². The van der Waals surface area contributed by atoms with Gasteiger partial charge in [-0.25, -0.2) is 4.99 Å². The fourth-order valence-electron chi connectivity index (χ4n) is 1.26. The minimum absolute atomic E-state index is 0.533. The number of aliphatic imine (C=N–C) groups is 1. The third kappa shape index (κ3) is 2.83. The molecule has 18 heavy (non-hydrogen) atoms. The van der Waals surface area contributed by atoms with E-state index >= 15 is 0 Å². The molecular formula is C10H9N7S. The number of nitrogens with one attached hydrogen (secondary N) is 2. The van der Waals surface area contributed by atoms with E-state index in [2.05, 4.69) is 30.9 Å². The predicted octanol–water partition coefficient (Wildman–Crippen LogP) is 1.29. The van der Waals surface area contributed by atoms with Crippen LogP contribution in [0.15, 0.2) is 29.3 Å². The molecule has 0 fully saturated rings. The number of aromatic nitrogens is 4. The number of aromatic amines is 1. The Balaban J connectivity index is 2.20. The number of hydrogen-bond acceptors (Lipinski definition) is 6. The van der Waals surface area contributed by atoms with Gasteiger partial charge < -0.3 is 0 Å². The second-order valence-corrected chi connectivity index (χ2v) is 3.94. The van der Waals surface area contributed by atoms with Crippen molar-refractivity contribution in [1.82, 2.24) is 25.9 Å². The molecule has 1 aromatic carbocycles. The molecule has 90 valence electrons. The van der Waals surface area contributed by atoms with Crippen LogP contribution in [-0.4, -0.2) is 32.0 Å². The van der Waals surface area contributed by atoms with Gasteiger partial charge in [0.1, 0.15) is 0 Å². The van der Waals surface area contributed by atoms with E-state index in [0.29, 0.717) is 11.0 Å². The summed E-state index contributed by atoms with van der Waals surface area (Å²) in [5, 5.41) is 25.2. The van der Waals surface area contributed by atoms with Gasteiger partial charge in [0, 0.05) is 5.56 Å². The monoisotopic (exact) mass is 259 g/mol. The summed E-state index contributed by atoms with van der Waals surface area (Å²) < 4.78 is 0. The molecule has 1 aromatic heterocycles. The van der Waals surface area contributed by atoms with Gasteiger partial charge in [0.05, 0.1) is 5.69 Å². The number of rotatable bonds is 2. The van der Waals surface area contributed by atoms with Crippen molar-refractivity contribution in [3.8, 4) is 17.6 Å². The van der Waals surface area contributed by atoms with Crippen LogP contribution in [0.3, 0.4) is 0 Å². The zero-order valence-electron chi connectivity index (χ0n) is 9.45. The summed E-state index contributed by atoms with van der Waals surface area (Å²) in [7, 11) is 0. The van der Waals surface area contributed by atoms with Gasteiger partial charge in [-0.2, -0.15) is 10.5 Å². The fourth-order valence-corrected chi connectivity index (χ4v) is 1.60. The van der Waals surface area contributed by atoms with E-state index in [0.717, 1.165) is 11.3 Å². The molecule has 8 heteroatoms. The molecule has 2 aromatic rings. The lowest BCUT2D eigenvalue weighted by atomic mass is 10.2. The largest absolute Gasteiger partial charge is 0.271 e. The Kier molecular flexibility index (Phi) is 3.88. The van der Waals surface area contributed by atoms with E-state index in [1.165, 1.54) is 11.8 Å². The summed E-state index contributed by atoms with van der Waals surface area (Å²) in [4.78, 5) is 4.27. The van der Waals surface area contributed by atoms with E-state index in [-0.39, 0.29) is 0 Å². The number of benzene rings is 1. The lowest BCUT2D eigenvalue weighted by Crippen LogP contribution is -2.12. The first-order chi connectivity index (χ1) is 8.83. The first-order valence-electron chi connectivity index (χ1n) is 4.95. The lowest BCUT2D eigenvalue weighted by molar-refractivity contribution is 0.881. The molecule has 0 bridgehead atoms. The zero-order chi connectivity index (χ0) is 12.8. The number of nitriles is 1. The minimum atomic E-state index is 0.533. The van der Waals surface area contributed by atoms with Crippen molar-refractivity contribution in [3.05, 3.63) is 24.3 Å². The number of amidine groups is 1. The maximum atomic E-state index is 8.53. The van der Waals surface area contributed by atoms with Crippen LogP contribution in [-0.2, 0) is 0 Å². The van der Waals surface area contributed by atoms with E-state index in [4.69, 9.17) is 5.26 Å². The Morgan fingerprint density at radius 2 is 2.22 bits per heavy atom. The van der Waals surface area contributed by atoms with Crippen molar-refractivity contribution in [1.29, 1.82) is 5.26 Å². The maximum Gasteiger partial charge on any atom is 0.204 e. The molecule has 0 aliphatic heterocycles. The Labute approximate surface area is 107 Å². The molecule has 0 radical (unpaired) electrons. The summed E-state index contributed by atoms with van der Waals surface area (Å²) in [6.07, 6.45) is 3.68. The summed E-state index contributed by atoms with van der Waals surface area (Å²) in [5.74, 6) is 0.533. The second kappa shape index (κ2) is 5.79. The summed E-state index contributed by atoms with van der Waals surface area (Å²) >= 11 is 1.37. The van der Waals surface area contributed by atoms with Crippen molar-refractivity contribution in [2.45, 2.75) is 0 Å². The average molecular weight is 259 g/mol. The molecular weight excluding hydrogens is 250 g/mol. The molecule has 0 atom stereocenters. The van der Waals surface area contributed by atoms with Crippen molar-refractivity contribution >= 4 is 22.6 Å². The van der Waals surface area contributed by atoms with Gasteiger partial charge in [0.25, 0.3) is 0 Å². The van der Waals surface area contributed by atoms with Gasteiger partial charge in [-0.3, -0.25) is 5.32 Å². The van der Waals surface area contributed by atoms with Gasteiger partial charge in [0.15, 0.2) is 11.4 Å². The summed E-state index contributed by atoms with van der Waals surface area (Å²) in [5.41, 5.74) is 1.59. The van der Waals surface area contributed by atoms with Gasteiger partial charge >= 0.3 is 0 Å². The number of hydrogen-bond donors (Lipinski definition) is 2. The third-order valence-electron chi connectivity index (χ3n) is 2.06. The second-order valence-electron chi connectivity index (χ2n) is 3.14. The van der Waals surface area contributed by atoms with Crippen LogP contribution in [0.4, 0.5) is 5.69 Å². The lowest BCUT2D eigenvalue weighted by Gasteiger charge is -2.00. The van der Waals surface area contributed by atoms with E-state index < -0.39 is 0 Å². The third-order valence-corrected chi connectivity index (χ3v) is 2.64. The molecule has 1 heterocycles. The molecule has 0 aliphatic rings. The Hall–Kier alpha value is -2.40. The number of nitrogens with zero attached hydrogens (tertiary/aromatic N) is 5. The topological polar surface area (TPSA) is 103 Å². The molecule has 0 unspecified atom stereocenters. The van der Waals surface area contributed by atoms with Gasteiger partial charge in [-0.1, -0.05) is 11.8 Å². The number of tetrazole rings is 1. The van der Waals surface area contributed by atoms with Crippen LogP contribution in [0.5, 0.6) is 0 Å². The quantitative estimate of drug-likeness (QED) is 0.364. The predicted molar refractivity (Wildman–Crippen MR) is 69.0 cm³/mol. The molecule has 0 spiro atoms. The van der Waals surface area contributed by atoms with Gasteiger partial charge in [-0.15, -0.1) is 10.2 Å². The SMILES string of the molecule is CSC(=Nc1ccc(-c2nn[nH]n2)cc1)NC#N. The van der Waals surface area contributed by atoms with Crippen LogP contribution in [0.25, 0.3) is 11.4 Å². The van der Waals surface area contributed by atoms with Crippen molar-refractivity contribution in [3.63, 3.8) is 0 Å². The fraction of sp³-hybridized carbons (Fsp3) is 0.100. The highest BCUT2D eigenvalue weighted by atomic mass is 32.2. The molecule has 0 saturated heterocycles. The van der Waals surface area contributed by atoms with Crippen LogP contribution >= 0.6 is 11.8 Å². The van der Waals surface area contributed by atoms with Crippen molar-refractivity contribution in [2.24, 2.45) is 4.99 Å². The van der Waals surface area contributed by atoms with E-state index in [1.54, 1.807) is 0 Å². The Morgan fingerprint density at radius 1 is 1.44 bits per heavy atom. The van der Waals surface area contributed by atoms with Crippen molar-refractivity contribution < 1.29 is 0 Å². The van der Waals surface area contributed by atoms with Crippen LogP contribution in [0, 0.1) is 11.5 Å². The molecule has 2 N–H and O–H groups in total. The molecule has 0 aliphatic carbocycles. The van der Waals surface area contributed by atoms with Gasteiger partial charge in [0.2, 0.25) is 5.82 Å². The highest BCUT2D eigenvalue weighted by Gasteiger charge is 2.02. The highest BCUT2D eigenvalue weighted by Crippen LogP contribution is 2.19. The first kappa shape index (κ1) is 12.1. The molecule has 0 amide bonds. The Bertz CT molecular complexity index is 567. The average Bonchev–Trinajstić information content (AvgIpc) is 2.93. The maximum absolute atomic E-state index is 8.53. The number of thioether (sulfide) groups is 1. The molecule has 0 saturated carbocycles. The molecule has 2 rings (SSSR count).